The number of phenolic OH excluding ortho intramolecular Hbond substituents is 2. The van der Waals surface area contributed by atoms with Crippen molar-refractivity contribution in [3.63, 3.8) is 0 Å². The maximum absolute atomic E-state index is 15.0. The standard InChI is InChI=1S/C54H70N4O10S/c1-7-8-9-10-11-12-13-14-15-16-17-18-19-20-41(60)68-49-32(3)50-51(67-30-66-50)43-38-28-65-53(62)54(35-26-40(63-5)39(59)25-33(35)21-22-56-54)29-69-52(44(43)49)46-45-42-34(23-31(2)48(64-6)47(42)61)24-36(57(45)4)37(27-55)58(38)46/h23,25-26,36-38,45-46,52,56,59,61H,7-22,24,28-30H2,1-6H3/t36?,37-,38-,45-,46?,52+,54+/m0/s1. The molecule has 3 N–H and O–H groups in total. The molecule has 7 aliphatic rings. The summed E-state index contributed by atoms with van der Waals surface area (Å²) in [5.74, 6) is 1.33. The van der Waals surface area contributed by atoms with E-state index in [1.807, 2.05) is 20.9 Å². The Morgan fingerprint density at radius 2 is 1.59 bits per heavy atom. The monoisotopic (exact) mass is 966 g/mol. The number of unbranched alkanes of at least 4 members (excludes halogenated alkanes) is 12. The topological polar surface area (TPSA) is 172 Å². The number of nitrogens with zero attached hydrogens (tertiary/aromatic N) is 3. The molecule has 0 saturated carbocycles. The molecule has 0 amide bonds. The molecule has 3 aromatic carbocycles. The largest absolute Gasteiger partial charge is 0.504 e. The number of nitrogens with one attached hydrogen (secondary N) is 1. The molecule has 2 fully saturated rings. The van der Waals surface area contributed by atoms with E-state index in [1.54, 1.807) is 19.2 Å². The zero-order valence-corrected chi connectivity index (χ0v) is 42.1. The van der Waals surface area contributed by atoms with Crippen LogP contribution < -0.4 is 29.0 Å². The number of carbonyl (C=O) groups is 2. The molecular formula is C54H70N4O10S. The smallest absolute Gasteiger partial charge is 0.331 e. The highest BCUT2D eigenvalue weighted by atomic mass is 32.2. The van der Waals surface area contributed by atoms with E-state index in [0.717, 1.165) is 47.1 Å². The molecule has 2 saturated heterocycles. The van der Waals surface area contributed by atoms with Crippen molar-refractivity contribution < 1.29 is 48.2 Å². The van der Waals surface area contributed by atoms with Gasteiger partial charge in [-0.15, -0.1) is 11.8 Å². The van der Waals surface area contributed by atoms with Crippen molar-refractivity contribution in [2.24, 2.45) is 0 Å². The lowest BCUT2D eigenvalue weighted by Gasteiger charge is -2.62. The minimum absolute atomic E-state index is 0.0154. The van der Waals surface area contributed by atoms with Gasteiger partial charge < -0.3 is 38.6 Å². The van der Waals surface area contributed by atoms with Gasteiger partial charge in [0.1, 0.15) is 18.4 Å². The number of hydrogen-bond acceptors (Lipinski definition) is 15. The summed E-state index contributed by atoms with van der Waals surface area (Å²) in [6.07, 6.45) is 16.9. The molecule has 1 spiro atoms. The van der Waals surface area contributed by atoms with Crippen LogP contribution in [0.25, 0.3) is 0 Å². The molecular weight excluding hydrogens is 897 g/mol. The molecule has 7 aliphatic heterocycles. The average molecular weight is 967 g/mol. The molecule has 10 rings (SSSR count). The Morgan fingerprint density at radius 3 is 2.28 bits per heavy atom. The van der Waals surface area contributed by atoms with Gasteiger partial charge in [-0.1, -0.05) is 90.0 Å². The molecule has 0 radical (unpaired) electrons. The van der Waals surface area contributed by atoms with Gasteiger partial charge in [0, 0.05) is 53.1 Å². The van der Waals surface area contributed by atoms with E-state index in [4.69, 9.17) is 28.4 Å². The van der Waals surface area contributed by atoms with Crippen LogP contribution >= 0.6 is 11.8 Å². The number of carbonyl (C=O) groups excluding carboxylic acids is 2. The maximum Gasteiger partial charge on any atom is 0.331 e. The molecule has 3 aromatic rings. The lowest BCUT2D eigenvalue weighted by Crippen LogP contribution is -2.69. The molecule has 7 atom stereocenters. The Hall–Kier alpha value is -4.88. The highest BCUT2D eigenvalue weighted by Crippen LogP contribution is 2.64. The molecule has 2 unspecified atom stereocenters. The molecule has 7 heterocycles. The zero-order chi connectivity index (χ0) is 48.6. The quantitative estimate of drug-likeness (QED) is 0.0663. The summed E-state index contributed by atoms with van der Waals surface area (Å²) in [4.78, 5) is 33.7. The van der Waals surface area contributed by atoms with Gasteiger partial charge in [0.2, 0.25) is 6.79 Å². The van der Waals surface area contributed by atoms with Gasteiger partial charge in [-0.25, -0.2) is 4.79 Å². The number of phenols is 2. The number of piperazine rings is 1. The van der Waals surface area contributed by atoms with Gasteiger partial charge in [-0.3, -0.25) is 19.9 Å². The Kier molecular flexibility index (Phi) is 14.8. The average Bonchev–Trinajstić information content (AvgIpc) is 3.83. The normalized spacial score (nSPS) is 25.5. The first-order valence-corrected chi connectivity index (χ1v) is 26.4. The fourth-order valence-corrected chi connectivity index (χ4v) is 14.2. The lowest BCUT2D eigenvalue weighted by atomic mass is 9.71. The number of hydrogen-bond donors (Lipinski definition) is 3. The summed E-state index contributed by atoms with van der Waals surface area (Å²) < 4.78 is 37.2. The summed E-state index contributed by atoms with van der Waals surface area (Å²) in [5.41, 5.74) is 4.58. The van der Waals surface area contributed by atoms with E-state index in [2.05, 4.69) is 34.2 Å². The van der Waals surface area contributed by atoms with Crippen molar-refractivity contribution in [1.82, 2.24) is 15.1 Å². The number of likely N-dealkylation sites (N-methyl/N-ethyl adjacent to an activating group) is 1. The third-order valence-corrected chi connectivity index (χ3v) is 17.4. The predicted octanol–water partition coefficient (Wildman–Crippen LogP) is 9.45. The van der Waals surface area contributed by atoms with Gasteiger partial charge in [0.25, 0.3) is 0 Å². The van der Waals surface area contributed by atoms with E-state index >= 15 is 4.79 Å². The van der Waals surface area contributed by atoms with Gasteiger partial charge in [0.15, 0.2) is 40.0 Å². The zero-order valence-electron chi connectivity index (χ0n) is 41.2. The minimum Gasteiger partial charge on any atom is -0.504 e. The van der Waals surface area contributed by atoms with E-state index in [0.29, 0.717) is 65.5 Å². The number of ether oxygens (including phenoxy) is 6. The molecule has 372 valence electrons. The summed E-state index contributed by atoms with van der Waals surface area (Å²) in [6, 6.07) is 5.39. The van der Waals surface area contributed by atoms with Crippen LogP contribution in [-0.2, 0) is 32.7 Å². The van der Waals surface area contributed by atoms with Crippen LogP contribution in [0.1, 0.15) is 159 Å². The number of nitriles is 1. The third-order valence-electron chi connectivity index (χ3n) is 15.9. The van der Waals surface area contributed by atoms with E-state index in [-0.39, 0.29) is 54.8 Å². The molecule has 69 heavy (non-hydrogen) atoms. The Morgan fingerprint density at radius 1 is 0.899 bits per heavy atom. The summed E-state index contributed by atoms with van der Waals surface area (Å²) in [6.45, 7) is 6.28. The van der Waals surface area contributed by atoms with Crippen LogP contribution in [0.15, 0.2) is 18.2 Å². The van der Waals surface area contributed by atoms with Crippen LogP contribution in [0.5, 0.6) is 40.2 Å². The first kappa shape index (κ1) is 49.1. The van der Waals surface area contributed by atoms with Crippen LogP contribution in [0.2, 0.25) is 0 Å². The highest BCUT2D eigenvalue weighted by Gasteiger charge is 2.62. The molecule has 4 bridgehead atoms. The van der Waals surface area contributed by atoms with Crippen molar-refractivity contribution >= 4 is 23.7 Å². The predicted molar refractivity (Wildman–Crippen MR) is 263 cm³/mol. The van der Waals surface area contributed by atoms with Crippen molar-refractivity contribution in [1.29, 1.82) is 5.26 Å². The third kappa shape index (κ3) is 8.75. The number of benzene rings is 3. The molecule has 0 aromatic heterocycles. The van der Waals surface area contributed by atoms with E-state index in [9.17, 15) is 20.3 Å². The minimum atomic E-state index is -1.37. The molecule has 15 heteroatoms. The van der Waals surface area contributed by atoms with Crippen molar-refractivity contribution in [3.8, 4) is 46.3 Å². The summed E-state index contributed by atoms with van der Waals surface area (Å²) >= 11 is 1.52. The molecule has 14 nitrogen and oxygen atoms in total. The number of methoxy groups -OCH3 is 2. The summed E-state index contributed by atoms with van der Waals surface area (Å²) in [5, 5.41) is 37.5. The first-order valence-electron chi connectivity index (χ1n) is 25.4. The van der Waals surface area contributed by atoms with Crippen molar-refractivity contribution in [2.45, 2.75) is 165 Å². The maximum atomic E-state index is 15.0. The number of thioether (sulfide) groups is 1. The number of fused-ring (bicyclic) bond motifs is 9. The van der Waals surface area contributed by atoms with E-state index in [1.165, 1.54) is 76.7 Å². The SMILES string of the molecule is CCCCCCCCCCCCCCCC(=O)Oc1c(C)c2c(c3c1[C@H]1SC[C@]4(NCCc5cc(O)c(OC)cc54)C(=O)OC[C@@H]3N3C1[C@@H]1c4c(cc(C)c(OC)c4O)CC([C@@H]3C#N)N1C)OCO2. The number of rotatable bonds is 17. The highest BCUT2D eigenvalue weighted by molar-refractivity contribution is 7.99. The number of aromatic hydroxyl groups is 2. The Bertz CT molecular complexity index is 2480. The fourth-order valence-electron chi connectivity index (χ4n) is 12.5. The second-order valence-corrected chi connectivity index (χ2v) is 21.1. The van der Waals surface area contributed by atoms with Crippen molar-refractivity contribution in [2.75, 3.05) is 47.0 Å². The fraction of sp³-hybridized carbons (Fsp3) is 0.611. The van der Waals surface area contributed by atoms with Crippen LogP contribution in [0.4, 0.5) is 0 Å². The second kappa shape index (κ2) is 20.8. The van der Waals surface area contributed by atoms with Crippen molar-refractivity contribution in [3.05, 3.63) is 62.7 Å². The molecule has 0 aliphatic carbocycles. The number of esters is 2. The Labute approximate surface area is 411 Å². The van der Waals surface area contributed by atoms with Crippen LogP contribution in [0.3, 0.4) is 0 Å². The lowest BCUT2D eigenvalue weighted by molar-refractivity contribution is -0.157. The summed E-state index contributed by atoms with van der Waals surface area (Å²) in [7, 11) is 5.06. The Balaban J connectivity index is 1.11. The van der Waals surface area contributed by atoms with Crippen LogP contribution in [0, 0.1) is 25.2 Å². The van der Waals surface area contributed by atoms with Gasteiger partial charge in [0.05, 0.1) is 37.6 Å². The van der Waals surface area contributed by atoms with Gasteiger partial charge in [-0.2, -0.15) is 5.26 Å². The van der Waals surface area contributed by atoms with Gasteiger partial charge in [-0.05, 0) is 74.5 Å². The van der Waals surface area contributed by atoms with Crippen LogP contribution in [-0.4, -0.2) is 97.0 Å². The second-order valence-electron chi connectivity index (χ2n) is 20.0. The van der Waals surface area contributed by atoms with E-state index < -0.39 is 40.9 Å². The first-order chi connectivity index (χ1) is 33.5. The van der Waals surface area contributed by atoms with Gasteiger partial charge >= 0.3 is 11.9 Å². The number of aryl methyl sites for hydroxylation is 1.